The SMILES string of the molecule is CCOC(=O)c1c(-c2ccc(OCC)cc2)c2cc(O)ccc2n1C. The van der Waals surface area contributed by atoms with E-state index in [1.54, 1.807) is 29.7 Å². The van der Waals surface area contributed by atoms with E-state index in [9.17, 15) is 9.90 Å². The molecule has 0 amide bonds. The first-order valence-electron chi connectivity index (χ1n) is 8.28. The fraction of sp³-hybridized carbons (Fsp3) is 0.250. The van der Waals surface area contributed by atoms with Gasteiger partial charge in [0.25, 0.3) is 0 Å². The molecule has 0 spiro atoms. The van der Waals surface area contributed by atoms with Crippen molar-refractivity contribution in [1.29, 1.82) is 0 Å². The average molecular weight is 339 g/mol. The number of benzene rings is 2. The van der Waals surface area contributed by atoms with Crippen LogP contribution in [0.15, 0.2) is 42.5 Å². The smallest absolute Gasteiger partial charge is 0.355 e. The molecule has 0 radical (unpaired) electrons. The number of phenols is 1. The molecule has 0 aliphatic rings. The second-order valence-corrected chi connectivity index (χ2v) is 5.66. The Morgan fingerprint density at radius 3 is 2.44 bits per heavy atom. The van der Waals surface area contributed by atoms with Crippen molar-refractivity contribution in [3.63, 3.8) is 0 Å². The summed E-state index contributed by atoms with van der Waals surface area (Å²) in [5, 5.41) is 10.7. The molecule has 3 rings (SSSR count). The van der Waals surface area contributed by atoms with Crippen LogP contribution in [0.25, 0.3) is 22.0 Å². The van der Waals surface area contributed by atoms with E-state index in [4.69, 9.17) is 9.47 Å². The molecule has 0 aliphatic carbocycles. The molecule has 1 heterocycles. The van der Waals surface area contributed by atoms with Crippen LogP contribution in [0.4, 0.5) is 0 Å². The van der Waals surface area contributed by atoms with Crippen molar-refractivity contribution in [2.24, 2.45) is 7.05 Å². The zero-order valence-electron chi connectivity index (χ0n) is 14.6. The molecular formula is C20H21NO4. The lowest BCUT2D eigenvalue weighted by molar-refractivity contribution is 0.0517. The van der Waals surface area contributed by atoms with E-state index in [1.165, 1.54) is 0 Å². The number of aryl methyl sites for hydroxylation is 1. The number of hydrogen-bond donors (Lipinski definition) is 1. The molecule has 2 aromatic carbocycles. The fourth-order valence-corrected chi connectivity index (χ4v) is 3.05. The van der Waals surface area contributed by atoms with Crippen LogP contribution in [-0.4, -0.2) is 28.9 Å². The van der Waals surface area contributed by atoms with Crippen LogP contribution in [0.3, 0.4) is 0 Å². The first-order valence-corrected chi connectivity index (χ1v) is 8.28. The molecule has 3 aromatic rings. The molecule has 5 heteroatoms. The van der Waals surface area contributed by atoms with Crippen LogP contribution < -0.4 is 4.74 Å². The number of aromatic nitrogens is 1. The molecular weight excluding hydrogens is 318 g/mol. The van der Waals surface area contributed by atoms with Crippen molar-refractivity contribution in [2.45, 2.75) is 13.8 Å². The number of nitrogens with zero attached hydrogens (tertiary/aromatic N) is 1. The minimum Gasteiger partial charge on any atom is -0.508 e. The van der Waals surface area contributed by atoms with Gasteiger partial charge in [0.05, 0.1) is 13.2 Å². The van der Waals surface area contributed by atoms with Gasteiger partial charge in [0.15, 0.2) is 0 Å². The van der Waals surface area contributed by atoms with Crippen LogP contribution in [0.2, 0.25) is 0 Å². The van der Waals surface area contributed by atoms with Crippen LogP contribution in [-0.2, 0) is 11.8 Å². The van der Waals surface area contributed by atoms with E-state index in [0.29, 0.717) is 18.9 Å². The quantitative estimate of drug-likeness (QED) is 0.710. The van der Waals surface area contributed by atoms with Crippen molar-refractivity contribution >= 4 is 16.9 Å². The van der Waals surface area contributed by atoms with Crippen molar-refractivity contribution in [3.05, 3.63) is 48.2 Å². The molecule has 1 N–H and O–H groups in total. The monoisotopic (exact) mass is 339 g/mol. The number of phenolic OH excluding ortho intramolecular Hbond substituents is 1. The summed E-state index contributed by atoms with van der Waals surface area (Å²) >= 11 is 0. The largest absolute Gasteiger partial charge is 0.508 e. The minimum absolute atomic E-state index is 0.153. The van der Waals surface area contributed by atoms with E-state index < -0.39 is 0 Å². The normalized spacial score (nSPS) is 10.8. The van der Waals surface area contributed by atoms with Crippen LogP contribution in [0, 0.1) is 0 Å². The standard InChI is InChI=1S/C20H21NO4/c1-4-24-15-9-6-13(7-10-15)18-16-12-14(22)8-11-17(16)21(3)19(18)20(23)25-5-2/h6-12,22H,4-5H2,1-3H3. The Bertz CT molecular complexity index is 910. The van der Waals surface area contributed by atoms with Crippen molar-refractivity contribution in [3.8, 4) is 22.6 Å². The Labute approximate surface area is 146 Å². The topological polar surface area (TPSA) is 60.7 Å². The molecule has 0 fully saturated rings. The first-order chi connectivity index (χ1) is 12.1. The highest BCUT2D eigenvalue weighted by atomic mass is 16.5. The highest BCUT2D eigenvalue weighted by Gasteiger charge is 2.23. The summed E-state index contributed by atoms with van der Waals surface area (Å²) in [5.41, 5.74) is 2.92. The molecule has 0 unspecified atom stereocenters. The Hall–Kier alpha value is -2.95. The van der Waals surface area contributed by atoms with Gasteiger partial charge in [-0.1, -0.05) is 12.1 Å². The van der Waals surface area contributed by atoms with Gasteiger partial charge in [0, 0.05) is 23.5 Å². The fourth-order valence-electron chi connectivity index (χ4n) is 3.05. The summed E-state index contributed by atoms with van der Waals surface area (Å²) < 4.78 is 12.5. The number of hydrogen-bond acceptors (Lipinski definition) is 4. The summed E-state index contributed by atoms with van der Waals surface area (Å²) in [5.74, 6) is 0.539. The molecule has 0 aliphatic heterocycles. The van der Waals surface area contributed by atoms with Crippen molar-refractivity contribution < 1.29 is 19.4 Å². The molecule has 0 saturated heterocycles. The number of aromatic hydroxyl groups is 1. The molecule has 130 valence electrons. The van der Waals surface area contributed by atoms with Gasteiger partial charge in [-0.15, -0.1) is 0 Å². The van der Waals surface area contributed by atoms with E-state index in [-0.39, 0.29) is 11.7 Å². The summed E-state index contributed by atoms with van der Waals surface area (Å²) in [6.45, 7) is 4.60. The molecule has 1 aromatic heterocycles. The second kappa shape index (κ2) is 6.89. The molecule has 0 saturated carbocycles. The summed E-state index contributed by atoms with van der Waals surface area (Å²) in [6, 6.07) is 12.6. The number of esters is 1. The lowest BCUT2D eigenvalue weighted by Crippen LogP contribution is -2.11. The van der Waals surface area contributed by atoms with Gasteiger partial charge in [0.1, 0.15) is 17.2 Å². The van der Waals surface area contributed by atoms with E-state index >= 15 is 0 Å². The lowest BCUT2D eigenvalue weighted by atomic mass is 10.0. The lowest BCUT2D eigenvalue weighted by Gasteiger charge is -2.09. The zero-order chi connectivity index (χ0) is 18.0. The zero-order valence-corrected chi connectivity index (χ0v) is 14.6. The average Bonchev–Trinajstić information content (AvgIpc) is 2.88. The van der Waals surface area contributed by atoms with Crippen LogP contribution in [0.1, 0.15) is 24.3 Å². The maximum Gasteiger partial charge on any atom is 0.355 e. The van der Waals surface area contributed by atoms with Crippen molar-refractivity contribution in [1.82, 2.24) is 4.57 Å². The molecule has 25 heavy (non-hydrogen) atoms. The maximum absolute atomic E-state index is 12.6. The molecule has 0 atom stereocenters. The van der Waals surface area contributed by atoms with Gasteiger partial charge < -0.3 is 19.1 Å². The predicted octanol–water partition coefficient (Wildman–Crippen LogP) is 4.13. The number of carbonyl (C=O) groups is 1. The third kappa shape index (κ3) is 3.05. The third-order valence-corrected chi connectivity index (χ3v) is 4.11. The Morgan fingerprint density at radius 2 is 1.80 bits per heavy atom. The second-order valence-electron chi connectivity index (χ2n) is 5.66. The molecule has 0 bridgehead atoms. The number of carbonyl (C=O) groups excluding carboxylic acids is 1. The van der Waals surface area contributed by atoms with Gasteiger partial charge in [-0.2, -0.15) is 0 Å². The minimum atomic E-state index is -0.385. The van der Waals surface area contributed by atoms with Gasteiger partial charge in [-0.05, 0) is 49.7 Å². The Balaban J connectivity index is 2.25. The van der Waals surface area contributed by atoms with Crippen molar-refractivity contribution in [2.75, 3.05) is 13.2 Å². The summed E-state index contributed by atoms with van der Waals surface area (Å²) in [6.07, 6.45) is 0. The van der Waals surface area contributed by atoms with E-state index in [2.05, 4.69) is 0 Å². The van der Waals surface area contributed by atoms with Gasteiger partial charge in [0.2, 0.25) is 0 Å². The Kier molecular flexibility index (Phi) is 4.65. The number of fused-ring (bicyclic) bond motifs is 1. The molecule has 5 nitrogen and oxygen atoms in total. The van der Waals surface area contributed by atoms with Crippen LogP contribution in [0.5, 0.6) is 11.5 Å². The highest BCUT2D eigenvalue weighted by Crippen LogP contribution is 2.37. The van der Waals surface area contributed by atoms with Crippen LogP contribution >= 0.6 is 0 Å². The van der Waals surface area contributed by atoms with Gasteiger partial charge in [-0.3, -0.25) is 0 Å². The number of rotatable bonds is 5. The summed E-state index contributed by atoms with van der Waals surface area (Å²) in [7, 11) is 1.82. The highest BCUT2D eigenvalue weighted by molar-refractivity contribution is 6.09. The third-order valence-electron chi connectivity index (χ3n) is 4.11. The predicted molar refractivity (Wildman–Crippen MR) is 97.1 cm³/mol. The maximum atomic E-state index is 12.6. The van der Waals surface area contributed by atoms with E-state index in [1.807, 2.05) is 38.2 Å². The van der Waals surface area contributed by atoms with Gasteiger partial charge >= 0.3 is 5.97 Å². The number of ether oxygens (including phenoxy) is 2. The van der Waals surface area contributed by atoms with Gasteiger partial charge in [-0.25, -0.2) is 4.79 Å². The Morgan fingerprint density at radius 1 is 1.08 bits per heavy atom. The summed E-state index contributed by atoms with van der Waals surface area (Å²) in [4.78, 5) is 12.6. The first kappa shape index (κ1) is 16.9. The van der Waals surface area contributed by atoms with E-state index in [0.717, 1.165) is 27.8 Å².